The van der Waals surface area contributed by atoms with Crippen molar-refractivity contribution in [2.24, 2.45) is 0 Å². The van der Waals surface area contributed by atoms with Crippen molar-refractivity contribution in [3.05, 3.63) is 0 Å². The largest absolute Gasteiger partial charge is 1.00 e. The Morgan fingerprint density at radius 1 is 0.690 bits per heavy atom. The Balaban J connectivity index is 0. The molecule has 0 heterocycles. The molecule has 0 N–H and O–H groups in total. The van der Waals surface area contributed by atoms with Gasteiger partial charge in [-0.05, 0) is 45.7 Å². The summed E-state index contributed by atoms with van der Waals surface area (Å²) in [5.74, 6) is -0.911. The SMILES string of the molecule is CCCCCCCCCCN(CCCCCCCCCC)C(C)CCC(=O)[O-].[Na+]. The number of nitrogens with zero attached hydrogens (tertiary/aromatic N) is 1. The summed E-state index contributed by atoms with van der Waals surface area (Å²) in [6, 6.07) is 0.354. The molecule has 168 valence electrons. The van der Waals surface area contributed by atoms with Crippen LogP contribution in [0.25, 0.3) is 0 Å². The summed E-state index contributed by atoms with van der Waals surface area (Å²) >= 11 is 0. The Labute approximate surface area is 205 Å². The van der Waals surface area contributed by atoms with Crippen LogP contribution in [-0.2, 0) is 4.79 Å². The number of aliphatic carboxylic acids is 1. The Kier molecular flexibility index (Phi) is 26.9. The van der Waals surface area contributed by atoms with Crippen LogP contribution in [0.15, 0.2) is 0 Å². The van der Waals surface area contributed by atoms with Gasteiger partial charge in [0.15, 0.2) is 0 Å². The molecule has 0 aromatic carbocycles. The first-order valence-electron chi connectivity index (χ1n) is 12.6. The van der Waals surface area contributed by atoms with E-state index in [0.717, 1.165) is 19.5 Å². The molecule has 1 atom stereocenters. The van der Waals surface area contributed by atoms with Gasteiger partial charge in [0.1, 0.15) is 0 Å². The Morgan fingerprint density at radius 2 is 1.03 bits per heavy atom. The summed E-state index contributed by atoms with van der Waals surface area (Å²) in [6.45, 7) is 8.98. The fourth-order valence-corrected chi connectivity index (χ4v) is 3.96. The van der Waals surface area contributed by atoms with Gasteiger partial charge in [0.05, 0.1) is 0 Å². The summed E-state index contributed by atoms with van der Waals surface area (Å²) in [5, 5.41) is 10.8. The van der Waals surface area contributed by atoms with Crippen molar-refractivity contribution in [2.75, 3.05) is 13.1 Å². The molecule has 29 heavy (non-hydrogen) atoms. The van der Waals surface area contributed by atoms with Crippen molar-refractivity contribution >= 4 is 5.97 Å². The number of hydrogen-bond acceptors (Lipinski definition) is 3. The van der Waals surface area contributed by atoms with Crippen molar-refractivity contribution in [3.8, 4) is 0 Å². The first-order chi connectivity index (χ1) is 13.6. The topological polar surface area (TPSA) is 43.4 Å². The Morgan fingerprint density at radius 3 is 1.38 bits per heavy atom. The summed E-state index contributed by atoms with van der Waals surface area (Å²) in [7, 11) is 0. The molecule has 0 aromatic rings. The van der Waals surface area contributed by atoms with Crippen LogP contribution in [0.2, 0.25) is 0 Å². The van der Waals surface area contributed by atoms with E-state index in [-0.39, 0.29) is 36.0 Å². The van der Waals surface area contributed by atoms with E-state index in [2.05, 4.69) is 25.7 Å². The maximum Gasteiger partial charge on any atom is 1.00 e. The molecular formula is C25H50NNaO2. The fourth-order valence-electron chi connectivity index (χ4n) is 3.96. The van der Waals surface area contributed by atoms with Crippen molar-refractivity contribution in [1.29, 1.82) is 0 Å². The molecule has 0 aromatic heterocycles. The molecule has 0 radical (unpaired) electrons. The normalized spacial score (nSPS) is 12.1. The van der Waals surface area contributed by atoms with Crippen molar-refractivity contribution < 1.29 is 39.5 Å². The minimum absolute atomic E-state index is 0. The minimum Gasteiger partial charge on any atom is -0.550 e. The van der Waals surface area contributed by atoms with Crippen LogP contribution in [0.5, 0.6) is 0 Å². The predicted molar refractivity (Wildman–Crippen MR) is 120 cm³/mol. The third-order valence-corrected chi connectivity index (χ3v) is 5.99. The van der Waals surface area contributed by atoms with Gasteiger partial charge in [-0.15, -0.1) is 0 Å². The molecule has 0 aliphatic rings. The molecule has 0 spiro atoms. The van der Waals surface area contributed by atoms with E-state index < -0.39 is 5.97 Å². The van der Waals surface area contributed by atoms with Gasteiger partial charge < -0.3 is 14.8 Å². The second-order valence-corrected chi connectivity index (χ2v) is 8.75. The fraction of sp³-hybridized carbons (Fsp3) is 0.960. The van der Waals surface area contributed by atoms with E-state index in [1.165, 1.54) is 103 Å². The monoisotopic (exact) mass is 419 g/mol. The van der Waals surface area contributed by atoms with Gasteiger partial charge in [-0.1, -0.05) is 104 Å². The van der Waals surface area contributed by atoms with E-state index in [4.69, 9.17) is 0 Å². The maximum absolute atomic E-state index is 10.8. The standard InChI is InChI=1S/C25H51NO2.Na/c1-4-6-8-10-12-14-16-18-22-26(24(3)20-21-25(27)28)23-19-17-15-13-11-9-7-5-2;/h24H,4-23H2,1-3H3,(H,27,28);/q;+1/p-1. The molecular weight excluding hydrogens is 369 g/mol. The first-order valence-corrected chi connectivity index (χ1v) is 12.6. The van der Waals surface area contributed by atoms with Crippen LogP contribution in [0.1, 0.15) is 136 Å². The second-order valence-electron chi connectivity index (χ2n) is 8.75. The minimum atomic E-state index is -0.911. The zero-order valence-electron chi connectivity index (χ0n) is 20.5. The molecule has 0 rings (SSSR count). The van der Waals surface area contributed by atoms with Crippen LogP contribution in [-0.4, -0.2) is 30.0 Å². The van der Waals surface area contributed by atoms with E-state index in [1.807, 2.05) is 0 Å². The van der Waals surface area contributed by atoms with Crippen LogP contribution in [0.3, 0.4) is 0 Å². The zero-order valence-corrected chi connectivity index (χ0v) is 22.5. The first kappa shape index (κ1) is 31.6. The third-order valence-electron chi connectivity index (χ3n) is 5.99. The van der Waals surface area contributed by atoms with Gasteiger partial charge >= 0.3 is 29.6 Å². The van der Waals surface area contributed by atoms with Crippen molar-refractivity contribution in [1.82, 2.24) is 4.90 Å². The van der Waals surface area contributed by atoms with Crippen molar-refractivity contribution in [2.45, 2.75) is 142 Å². The second kappa shape index (κ2) is 24.7. The number of unbranched alkanes of at least 4 members (excludes halogenated alkanes) is 14. The summed E-state index contributed by atoms with van der Waals surface area (Å²) < 4.78 is 0. The number of hydrogen-bond donors (Lipinski definition) is 0. The van der Waals surface area contributed by atoms with Crippen LogP contribution in [0.4, 0.5) is 0 Å². The van der Waals surface area contributed by atoms with E-state index in [9.17, 15) is 9.90 Å². The number of carbonyl (C=O) groups is 1. The molecule has 0 saturated carbocycles. The predicted octanol–water partition coefficient (Wildman–Crippen LogP) is 3.49. The molecule has 0 fully saturated rings. The molecule has 4 heteroatoms. The van der Waals surface area contributed by atoms with Crippen LogP contribution in [0, 0.1) is 0 Å². The smallest absolute Gasteiger partial charge is 0.550 e. The van der Waals surface area contributed by atoms with E-state index >= 15 is 0 Å². The number of carboxylic acids is 1. The molecule has 0 aliphatic heterocycles. The number of rotatable bonds is 22. The Bertz CT molecular complexity index is 319. The number of carbonyl (C=O) groups excluding carboxylic acids is 1. The summed E-state index contributed by atoms with van der Waals surface area (Å²) in [5.41, 5.74) is 0. The third kappa shape index (κ3) is 22.9. The summed E-state index contributed by atoms with van der Waals surface area (Å²) in [6.07, 6.45) is 22.4. The van der Waals surface area contributed by atoms with E-state index in [0.29, 0.717) is 6.04 Å². The molecule has 1 unspecified atom stereocenters. The van der Waals surface area contributed by atoms with Gasteiger partial charge in [0.25, 0.3) is 0 Å². The maximum atomic E-state index is 10.8. The van der Waals surface area contributed by atoms with Gasteiger partial charge in [-0.3, -0.25) is 0 Å². The molecule has 0 amide bonds. The van der Waals surface area contributed by atoms with Gasteiger partial charge in [-0.2, -0.15) is 0 Å². The molecule has 0 aliphatic carbocycles. The molecule has 3 nitrogen and oxygen atoms in total. The quantitative estimate of drug-likeness (QED) is 0.199. The molecule has 0 bridgehead atoms. The van der Waals surface area contributed by atoms with Gasteiger partial charge in [0, 0.05) is 12.0 Å². The average Bonchev–Trinajstić information content (AvgIpc) is 2.68. The molecule has 0 saturated heterocycles. The van der Waals surface area contributed by atoms with E-state index in [1.54, 1.807) is 0 Å². The van der Waals surface area contributed by atoms with Gasteiger partial charge in [-0.25, -0.2) is 0 Å². The van der Waals surface area contributed by atoms with Crippen LogP contribution >= 0.6 is 0 Å². The average molecular weight is 420 g/mol. The zero-order chi connectivity index (χ0) is 20.9. The summed E-state index contributed by atoms with van der Waals surface area (Å²) in [4.78, 5) is 13.4. The van der Waals surface area contributed by atoms with Crippen LogP contribution < -0.4 is 34.7 Å². The van der Waals surface area contributed by atoms with Gasteiger partial charge in [0.2, 0.25) is 0 Å². The Hall–Kier alpha value is 0.430. The van der Waals surface area contributed by atoms with Crippen molar-refractivity contribution in [3.63, 3.8) is 0 Å². The number of carboxylic acid groups (broad SMARTS) is 1.